The van der Waals surface area contributed by atoms with Crippen molar-refractivity contribution in [2.24, 2.45) is 5.92 Å². The molecule has 150 valence electrons. The van der Waals surface area contributed by atoms with Crippen molar-refractivity contribution in [3.8, 4) is 5.75 Å². The predicted molar refractivity (Wildman–Crippen MR) is 117 cm³/mol. The van der Waals surface area contributed by atoms with Crippen molar-refractivity contribution in [2.45, 2.75) is 56.5 Å². The lowest BCUT2D eigenvalue weighted by Crippen LogP contribution is -2.60. The Labute approximate surface area is 173 Å². The Balaban J connectivity index is 1.36. The summed E-state index contributed by atoms with van der Waals surface area (Å²) in [6, 6.07) is 16.7. The number of nitrogens with one attached hydrogen (secondary N) is 1. The molecule has 3 aromatic rings. The quantitative estimate of drug-likeness (QED) is 0.650. The molecule has 1 aromatic heterocycles. The summed E-state index contributed by atoms with van der Waals surface area (Å²) in [5.41, 5.74) is 6.25. The highest BCUT2D eigenvalue weighted by atomic mass is 16.5. The number of aromatic nitrogens is 1. The standard InChI is InChI=1S/C26H30N2O/c1-29-21-7-6-19-15-25-22-4-2-3-10-26(22,23(19)16-21)11-13-28(25)17-18-5-8-24-20(14-18)9-12-27-24/h5-9,12,14,16,22,25,27H,2-4,10-11,13,15,17H2,1H3/t22-,25-,26-/m0/s1. The van der Waals surface area contributed by atoms with E-state index < -0.39 is 0 Å². The van der Waals surface area contributed by atoms with Gasteiger partial charge in [0.05, 0.1) is 7.11 Å². The van der Waals surface area contributed by atoms with Gasteiger partial charge in [-0.2, -0.15) is 0 Å². The largest absolute Gasteiger partial charge is 0.497 e. The fraction of sp³-hybridized carbons (Fsp3) is 0.462. The van der Waals surface area contributed by atoms with Crippen LogP contribution < -0.4 is 4.74 Å². The van der Waals surface area contributed by atoms with Gasteiger partial charge in [-0.05, 0) is 90.6 Å². The second-order valence-corrected chi connectivity index (χ2v) is 9.42. The van der Waals surface area contributed by atoms with Crippen LogP contribution in [-0.4, -0.2) is 29.6 Å². The molecule has 0 unspecified atom stereocenters. The van der Waals surface area contributed by atoms with E-state index in [1.165, 1.54) is 61.5 Å². The van der Waals surface area contributed by atoms with E-state index in [1.807, 2.05) is 6.20 Å². The second-order valence-electron chi connectivity index (χ2n) is 9.42. The Morgan fingerprint density at radius 3 is 3.00 bits per heavy atom. The van der Waals surface area contributed by atoms with Crippen LogP contribution in [0.2, 0.25) is 0 Å². The molecule has 1 saturated carbocycles. The molecule has 0 radical (unpaired) electrons. The van der Waals surface area contributed by atoms with E-state index in [2.05, 4.69) is 52.3 Å². The van der Waals surface area contributed by atoms with Crippen LogP contribution in [0.25, 0.3) is 10.9 Å². The third-order valence-corrected chi connectivity index (χ3v) is 8.16. The molecule has 1 aliphatic heterocycles. The van der Waals surface area contributed by atoms with Crippen LogP contribution in [0.1, 0.15) is 48.8 Å². The zero-order valence-corrected chi connectivity index (χ0v) is 17.3. The van der Waals surface area contributed by atoms with Gasteiger partial charge in [-0.1, -0.05) is 25.0 Å². The van der Waals surface area contributed by atoms with Crippen LogP contribution in [0.4, 0.5) is 0 Å². The van der Waals surface area contributed by atoms with Crippen molar-refractivity contribution in [3.63, 3.8) is 0 Å². The molecule has 1 N–H and O–H groups in total. The maximum absolute atomic E-state index is 5.61. The molecule has 3 nitrogen and oxygen atoms in total. The number of hydrogen-bond acceptors (Lipinski definition) is 2. The second kappa shape index (κ2) is 6.63. The molecule has 3 atom stereocenters. The molecule has 2 fully saturated rings. The number of H-pyrrole nitrogens is 1. The number of fused-ring (bicyclic) bond motifs is 2. The summed E-state index contributed by atoms with van der Waals surface area (Å²) in [4.78, 5) is 6.12. The van der Waals surface area contributed by atoms with Crippen molar-refractivity contribution in [3.05, 3.63) is 65.4 Å². The maximum atomic E-state index is 5.61. The Bertz CT molecular complexity index is 1050. The van der Waals surface area contributed by atoms with Crippen molar-refractivity contribution < 1.29 is 4.74 Å². The Hall–Kier alpha value is -2.26. The highest BCUT2D eigenvalue weighted by molar-refractivity contribution is 5.79. The molecular formula is C26H30N2O. The number of hydrogen-bond donors (Lipinski definition) is 1. The van der Waals surface area contributed by atoms with Gasteiger partial charge in [-0.25, -0.2) is 0 Å². The molecule has 0 spiro atoms. The van der Waals surface area contributed by atoms with E-state index in [-0.39, 0.29) is 0 Å². The maximum Gasteiger partial charge on any atom is 0.119 e. The minimum Gasteiger partial charge on any atom is -0.497 e. The first-order valence-electron chi connectivity index (χ1n) is 11.2. The average molecular weight is 387 g/mol. The molecule has 2 aliphatic carbocycles. The van der Waals surface area contributed by atoms with Gasteiger partial charge in [0.1, 0.15) is 5.75 Å². The number of methoxy groups -OCH3 is 1. The van der Waals surface area contributed by atoms with Crippen LogP contribution in [0.5, 0.6) is 5.75 Å². The normalized spacial score (nSPS) is 28.7. The molecule has 6 rings (SSSR count). The molecule has 1 saturated heterocycles. The first-order chi connectivity index (χ1) is 14.3. The summed E-state index contributed by atoms with van der Waals surface area (Å²) in [6.45, 7) is 2.28. The fourth-order valence-electron chi connectivity index (χ4n) is 6.82. The van der Waals surface area contributed by atoms with E-state index in [1.54, 1.807) is 18.2 Å². The van der Waals surface area contributed by atoms with Crippen molar-refractivity contribution in [1.82, 2.24) is 9.88 Å². The monoisotopic (exact) mass is 386 g/mol. The summed E-state index contributed by atoms with van der Waals surface area (Å²) in [7, 11) is 1.80. The SMILES string of the molecule is COc1ccc2c(c1)[C@]13CCCC[C@H]1[C@H](C2)N(Cc1ccc2[nH]ccc2c1)CC3. The van der Waals surface area contributed by atoms with Gasteiger partial charge in [-0.3, -0.25) is 4.90 Å². The number of ether oxygens (including phenoxy) is 1. The summed E-state index contributed by atoms with van der Waals surface area (Å²) in [5.74, 6) is 1.82. The van der Waals surface area contributed by atoms with Gasteiger partial charge >= 0.3 is 0 Å². The molecule has 3 aliphatic rings. The van der Waals surface area contributed by atoms with Gasteiger partial charge in [0.2, 0.25) is 0 Å². The number of benzene rings is 2. The van der Waals surface area contributed by atoms with Gasteiger partial charge in [0, 0.05) is 29.7 Å². The molecule has 3 heteroatoms. The minimum absolute atomic E-state index is 0.381. The van der Waals surface area contributed by atoms with Crippen molar-refractivity contribution in [2.75, 3.05) is 13.7 Å². The zero-order valence-electron chi connectivity index (χ0n) is 17.3. The highest BCUT2D eigenvalue weighted by Crippen LogP contribution is 2.56. The third kappa shape index (κ3) is 2.67. The van der Waals surface area contributed by atoms with Crippen LogP contribution in [0.15, 0.2) is 48.7 Å². The highest BCUT2D eigenvalue weighted by Gasteiger charge is 2.53. The van der Waals surface area contributed by atoms with Gasteiger partial charge in [0.25, 0.3) is 0 Å². The predicted octanol–water partition coefficient (Wildman–Crippen LogP) is 5.44. The van der Waals surface area contributed by atoms with Crippen LogP contribution in [0.3, 0.4) is 0 Å². The van der Waals surface area contributed by atoms with Crippen LogP contribution >= 0.6 is 0 Å². The average Bonchev–Trinajstić information content (AvgIpc) is 3.23. The van der Waals surface area contributed by atoms with E-state index >= 15 is 0 Å². The van der Waals surface area contributed by atoms with E-state index in [9.17, 15) is 0 Å². The fourth-order valence-corrected chi connectivity index (χ4v) is 6.82. The van der Waals surface area contributed by atoms with Gasteiger partial charge < -0.3 is 9.72 Å². The molecule has 29 heavy (non-hydrogen) atoms. The number of likely N-dealkylation sites (tertiary alicyclic amines) is 1. The molecule has 2 heterocycles. The number of piperidine rings is 1. The van der Waals surface area contributed by atoms with Gasteiger partial charge in [-0.15, -0.1) is 0 Å². The zero-order chi connectivity index (χ0) is 19.4. The molecule has 0 amide bonds. The minimum atomic E-state index is 0.381. The van der Waals surface area contributed by atoms with Gasteiger partial charge in [0.15, 0.2) is 0 Å². The third-order valence-electron chi connectivity index (χ3n) is 8.16. The van der Waals surface area contributed by atoms with Crippen molar-refractivity contribution >= 4 is 10.9 Å². The van der Waals surface area contributed by atoms with Crippen LogP contribution in [0, 0.1) is 5.92 Å². The van der Waals surface area contributed by atoms with Crippen molar-refractivity contribution in [1.29, 1.82) is 0 Å². The topological polar surface area (TPSA) is 28.3 Å². The molecule has 2 bridgehead atoms. The number of aromatic amines is 1. The smallest absolute Gasteiger partial charge is 0.119 e. The van der Waals surface area contributed by atoms with E-state index in [4.69, 9.17) is 4.74 Å². The first kappa shape index (κ1) is 17.6. The lowest BCUT2D eigenvalue weighted by atomic mass is 9.52. The number of nitrogens with zero attached hydrogens (tertiary/aromatic N) is 1. The lowest BCUT2D eigenvalue weighted by Gasteiger charge is -2.59. The Kier molecular flexibility index (Phi) is 4.02. The lowest BCUT2D eigenvalue weighted by molar-refractivity contribution is -0.0157. The Morgan fingerprint density at radius 2 is 2.07 bits per heavy atom. The summed E-state index contributed by atoms with van der Waals surface area (Å²) >= 11 is 0. The Morgan fingerprint density at radius 1 is 1.10 bits per heavy atom. The van der Waals surface area contributed by atoms with E-state index in [0.29, 0.717) is 11.5 Å². The molecule has 2 aromatic carbocycles. The summed E-state index contributed by atoms with van der Waals surface area (Å²) in [6.07, 6.45) is 10.0. The number of rotatable bonds is 3. The summed E-state index contributed by atoms with van der Waals surface area (Å²) < 4.78 is 5.61. The van der Waals surface area contributed by atoms with Crippen LogP contribution in [-0.2, 0) is 18.4 Å². The molecular weight excluding hydrogens is 356 g/mol. The first-order valence-corrected chi connectivity index (χ1v) is 11.2. The summed E-state index contributed by atoms with van der Waals surface area (Å²) in [5, 5.41) is 1.33. The van der Waals surface area contributed by atoms with E-state index in [0.717, 1.165) is 18.2 Å².